The second-order valence-electron chi connectivity index (χ2n) is 7.52. The van der Waals surface area contributed by atoms with Gasteiger partial charge < -0.3 is 30.4 Å². The summed E-state index contributed by atoms with van der Waals surface area (Å²) in [6.45, 7) is 12.8. The van der Waals surface area contributed by atoms with Crippen LogP contribution in [0.4, 0.5) is 11.4 Å². The number of hydrogen-bond acceptors (Lipinski definition) is 6. The first kappa shape index (κ1) is 25.2. The Morgan fingerprint density at radius 2 is 0.844 bits per heavy atom. The first-order chi connectivity index (χ1) is 15.3. The minimum Gasteiger partial charge on any atom is -0.496 e. The van der Waals surface area contributed by atoms with Crippen LogP contribution in [0.2, 0.25) is 0 Å². The average molecular weight is 443 g/mol. The highest BCUT2D eigenvalue weighted by molar-refractivity contribution is 5.93. The van der Waals surface area contributed by atoms with Crippen LogP contribution in [-0.4, -0.2) is 28.4 Å². The quantitative estimate of drug-likeness (QED) is 0.492. The number of benzene rings is 2. The Kier molecular flexibility index (Phi) is 8.31. The van der Waals surface area contributed by atoms with Crippen molar-refractivity contribution in [3.05, 3.63) is 40.0 Å². The van der Waals surface area contributed by atoms with Crippen LogP contribution in [0.5, 0.6) is 23.0 Å². The van der Waals surface area contributed by atoms with E-state index in [0.717, 1.165) is 39.0 Å². The zero-order valence-electron chi connectivity index (χ0n) is 20.8. The van der Waals surface area contributed by atoms with Gasteiger partial charge in [-0.1, -0.05) is 34.3 Å². The topological polar surface area (TPSA) is 89.0 Å². The van der Waals surface area contributed by atoms with Crippen LogP contribution in [0.3, 0.4) is 0 Å². The Morgan fingerprint density at radius 3 is 1.06 bits per heavy atom. The number of hydrogen-bond donors (Lipinski definition) is 2. The van der Waals surface area contributed by atoms with E-state index < -0.39 is 0 Å². The van der Waals surface area contributed by atoms with Crippen LogP contribution >= 0.6 is 0 Å². The molecule has 0 aliphatic rings. The summed E-state index contributed by atoms with van der Waals surface area (Å²) in [5.41, 5.74) is 20.4. The van der Waals surface area contributed by atoms with Gasteiger partial charge in [-0.3, -0.25) is 0 Å². The smallest absolute Gasteiger partial charge is 0.146 e. The highest BCUT2D eigenvalue weighted by atomic mass is 16.5. The van der Waals surface area contributed by atoms with E-state index >= 15 is 0 Å². The predicted octanol–water partition coefficient (Wildman–Crippen LogP) is 5.20. The van der Waals surface area contributed by atoms with Crippen LogP contribution in [0.1, 0.15) is 61.1 Å². The number of nitrogen functional groups attached to an aromatic ring is 2. The molecule has 4 N–H and O–H groups in total. The van der Waals surface area contributed by atoms with Gasteiger partial charge in [-0.15, -0.1) is 0 Å². The molecule has 176 valence electrons. The summed E-state index contributed by atoms with van der Waals surface area (Å²) in [5, 5.41) is 0. The third kappa shape index (κ3) is 3.83. The second-order valence-corrected chi connectivity index (χ2v) is 7.52. The summed E-state index contributed by atoms with van der Waals surface area (Å²) in [7, 11) is 6.61. The molecule has 0 bridgehead atoms. The Balaban J connectivity index is 3.10. The maximum Gasteiger partial charge on any atom is 0.146 e. The first-order valence-corrected chi connectivity index (χ1v) is 11.1. The SMILES string of the molecule is C=C(c1c(CC)c(OC)c(N)c(CC)c1OC)c1c(CC)c(OC)c(N)c(CC)c1OC. The van der Waals surface area contributed by atoms with Crippen molar-refractivity contribution in [2.75, 3.05) is 39.9 Å². The maximum atomic E-state index is 6.49. The van der Waals surface area contributed by atoms with Crippen LogP contribution in [0.25, 0.3) is 5.57 Å². The van der Waals surface area contributed by atoms with Crippen molar-refractivity contribution >= 4 is 16.9 Å². The summed E-state index contributed by atoms with van der Waals surface area (Å²) in [4.78, 5) is 0. The van der Waals surface area contributed by atoms with Crippen molar-refractivity contribution in [3.63, 3.8) is 0 Å². The van der Waals surface area contributed by atoms with E-state index in [4.69, 9.17) is 30.4 Å². The summed E-state index contributed by atoms with van der Waals surface area (Å²) < 4.78 is 23.4. The third-order valence-corrected chi connectivity index (χ3v) is 6.13. The second kappa shape index (κ2) is 10.5. The molecule has 2 rings (SSSR count). The van der Waals surface area contributed by atoms with Gasteiger partial charge in [0.25, 0.3) is 0 Å². The summed E-state index contributed by atoms with van der Waals surface area (Å²) >= 11 is 0. The van der Waals surface area contributed by atoms with E-state index in [1.807, 2.05) is 13.8 Å². The van der Waals surface area contributed by atoms with Crippen molar-refractivity contribution in [2.24, 2.45) is 0 Å². The third-order valence-electron chi connectivity index (χ3n) is 6.13. The molecule has 6 heteroatoms. The molecule has 2 aromatic rings. The fraction of sp³-hybridized carbons (Fsp3) is 0.462. The molecule has 0 fully saturated rings. The Bertz CT molecular complexity index is 866. The van der Waals surface area contributed by atoms with Gasteiger partial charge in [0.15, 0.2) is 0 Å². The fourth-order valence-corrected chi connectivity index (χ4v) is 4.70. The fourth-order valence-electron chi connectivity index (χ4n) is 4.70. The normalized spacial score (nSPS) is 10.8. The monoisotopic (exact) mass is 442 g/mol. The molecule has 0 heterocycles. The molecule has 6 nitrogen and oxygen atoms in total. The van der Waals surface area contributed by atoms with Crippen molar-refractivity contribution in [2.45, 2.75) is 53.4 Å². The average Bonchev–Trinajstić information content (AvgIpc) is 2.81. The minimum atomic E-state index is 0.604. The molecule has 0 saturated heterocycles. The summed E-state index contributed by atoms with van der Waals surface area (Å²) in [6.07, 6.45) is 2.77. The van der Waals surface area contributed by atoms with Crippen LogP contribution < -0.4 is 30.4 Å². The lowest BCUT2D eigenvalue weighted by Crippen LogP contribution is -2.12. The van der Waals surface area contributed by atoms with Gasteiger partial charge in [0.2, 0.25) is 0 Å². The highest BCUT2D eigenvalue weighted by Gasteiger charge is 2.30. The van der Waals surface area contributed by atoms with E-state index in [-0.39, 0.29) is 0 Å². The van der Waals surface area contributed by atoms with E-state index in [1.165, 1.54) is 0 Å². The van der Waals surface area contributed by atoms with Gasteiger partial charge in [-0.25, -0.2) is 0 Å². The molecular formula is C26H38N2O4. The van der Waals surface area contributed by atoms with Gasteiger partial charge in [0.05, 0.1) is 39.8 Å². The highest BCUT2D eigenvalue weighted by Crippen LogP contribution is 2.50. The minimum absolute atomic E-state index is 0.604. The largest absolute Gasteiger partial charge is 0.496 e. The van der Waals surface area contributed by atoms with Crippen molar-refractivity contribution < 1.29 is 18.9 Å². The number of ether oxygens (including phenoxy) is 4. The summed E-state index contributed by atoms with van der Waals surface area (Å²) in [6, 6.07) is 0. The van der Waals surface area contributed by atoms with Gasteiger partial charge in [-0.05, 0) is 31.3 Å². The van der Waals surface area contributed by atoms with Crippen molar-refractivity contribution in [1.29, 1.82) is 0 Å². The van der Waals surface area contributed by atoms with E-state index in [9.17, 15) is 0 Å². The zero-order valence-corrected chi connectivity index (χ0v) is 20.8. The van der Waals surface area contributed by atoms with E-state index in [0.29, 0.717) is 60.1 Å². The number of anilines is 2. The first-order valence-electron chi connectivity index (χ1n) is 11.1. The van der Waals surface area contributed by atoms with Gasteiger partial charge >= 0.3 is 0 Å². The zero-order chi connectivity index (χ0) is 24.2. The molecule has 0 unspecified atom stereocenters. The molecule has 0 aliphatic heterocycles. The molecule has 0 saturated carbocycles. The number of rotatable bonds is 10. The standard InChI is InChI=1S/C26H38N2O4/c1-10-15-19(23(29-6)17(12-3)21(27)25(15)31-8)14(5)20-16(11-2)26(32-9)22(28)18(13-4)24(20)30-7/h5,10-13,27-28H2,1-4,6-9H3. The molecule has 0 aromatic heterocycles. The molecule has 2 aromatic carbocycles. The molecular weight excluding hydrogens is 404 g/mol. The molecule has 32 heavy (non-hydrogen) atoms. The van der Waals surface area contributed by atoms with Crippen LogP contribution in [-0.2, 0) is 25.7 Å². The number of methoxy groups -OCH3 is 4. The summed E-state index contributed by atoms with van der Waals surface area (Å²) in [5.74, 6) is 2.75. The molecule has 0 spiro atoms. The maximum absolute atomic E-state index is 6.49. The lowest BCUT2D eigenvalue weighted by Gasteiger charge is -2.27. The molecule has 0 radical (unpaired) electrons. The van der Waals surface area contributed by atoms with Crippen LogP contribution in [0.15, 0.2) is 6.58 Å². The van der Waals surface area contributed by atoms with E-state index in [2.05, 4.69) is 20.4 Å². The Hall–Kier alpha value is -3.02. The van der Waals surface area contributed by atoms with Gasteiger partial charge in [-0.2, -0.15) is 0 Å². The molecule has 0 amide bonds. The van der Waals surface area contributed by atoms with Crippen molar-refractivity contribution in [3.8, 4) is 23.0 Å². The molecule has 0 aliphatic carbocycles. The van der Waals surface area contributed by atoms with Gasteiger partial charge in [0.1, 0.15) is 23.0 Å². The predicted molar refractivity (Wildman–Crippen MR) is 134 cm³/mol. The Labute approximate surface area is 192 Å². The van der Waals surface area contributed by atoms with Crippen molar-refractivity contribution in [1.82, 2.24) is 0 Å². The Morgan fingerprint density at radius 1 is 0.562 bits per heavy atom. The number of nitrogens with two attached hydrogens (primary N) is 2. The lowest BCUT2D eigenvalue weighted by atomic mass is 9.84. The van der Waals surface area contributed by atoms with Gasteiger partial charge in [0, 0.05) is 33.4 Å². The lowest BCUT2D eigenvalue weighted by molar-refractivity contribution is 0.394. The molecule has 0 atom stereocenters. The van der Waals surface area contributed by atoms with Crippen LogP contribution in [0, 0.1) is 0 Å². The van der Waals surface area contributed by atoms with E-state index in [1.54, 1.807) is 28.4 Å².